The zero-order valence-electron chi connectivity index (χ0n) is 9.70. The third-order valence-corrected chi connectivity index (χ3v) is 5.37. The van der Waals surface area contributed by atoms with Gasteiger partial charge in [-0.25, -0.2) is 0 Å². The molecule has 0 unspecified atom stereocenters. The van der Waals surface area contributed by atoms with Crippen LogP contribution in [0.5, 0.6) is 0 Å². The molecule has 0 bridgehead atoms. The van der Waals surface area contributed by atoms with Crippen molar-refractivity contribution in [2.45, 2.75) is 20.8 Å². The van der Waals surface area contributed by atoms with Crippen molar-refractivity contribution in [2.24, 2.45) is 0 Å². The summed E-state index contributed by atoms with van der Waals surface area (Å²) >= 11 is 3.39. The van der Waals surface area contributed by atoms with Gasteiger partial charge in [0.1, 0.15) is 0 Å². The topological polar surface area (TPSA) is 35.5 Å². The molecule has 0 aliphatic heterocycles. The predicted molar refractivity (Wildman–Crippen MR) is 69.4 cm³/mol. The lowest BCUT2D eigenvalue weighted by Gasteiger charge is -2.20. The van der Waals surface area contributed by atoms with E-state index in [4.69, 9.17) is 9.05 Å². The highest BCUT2D eigenvalue weighted by atomic mass is 79.9. The summed E-state index contributed by atoms with van der Waals surface area (Å²) in [5.74, 6) is 0. The number of hydrogen-bond acceptors (Lipinski definition) is 3. The molecule has 0 N–H and O–H groups in total. The molecule has 5 heteroatoms. The van der Waals surface area contributed by atoms with Crippen LogP contribution in [0.1, 0.15) is 19.4 Å². The van der Waals surface area contributed by atoms with E-state index >= 15 is 0 Å². The molecular formula is C11H16BrO3P. The Kier molecular flexibility index (Phi) is 5.19. The van der Waals surface area contributed by atoms with Crippen LogP contribution in [-0.4, -0.2) is 13.2 Å². The second-order valence-electron chi connectivity index (χ2n) is 3.24. The second-order valence-corrected chi connectivity index (χ2v) is 6.05. The van der Waals surface area contributed by atoms with Gasteiger partial charge in [0.05, 0.1) is 18.5 Å². The van der Waals surface area contributed by atoms with Crippen molar-refractivity contribution < 1.29 is 13.6 Å². The van der Waals surface area contributed by atoms with E-state index in [-0.39, 0.29) is 0 Å². The molecule has 0 saturated heterocycles. The monoisotopic (exact) mass is 306 g/mol. The first-order valence-corrected chi connectivity index (χ1v) is 7.53. The smallest absolute Gasteiger partial charge is 0.305 e. The quantitative estimate of drug-likeness (QED) is 0.779. The normalized spacial score (nSPS) is 11.8. The summed E-state index contributed by atoms with van der Waals surface area (Å²) in [6, 6.07) is 5.63. The molecule has 90 valence electrons. The summed E-state index contributed by atoms with van der Waals surface area (Å²) in [6.45, 7) is 6.22. The molecule has 16 heavy (non-hydrogen) atoms. The van der Waals surface area contributed by atoms with Crippen molar-refractivity contribution >= 4 is 28.8 Å². The van der Waals surface area contributed by atoms with Crippen LogP contribution in [0.25, 0.3) is 0 Å². The van der Waals surface area contributed by atoms with Gasteiger partial charge in [-0.2, -0.15) is 0 Å². The number of halogens is 1. The first kappa shape index (κ1) is 13.9. The van der Waals surface area contributed by atoms with Gasteiger partial charge in [0.2, 0.25) is 0 Å². The van der Waals surface area contributed by atoms with E-state index in [1.807, 2.05) is 25.1 Å². The molecule has 1 aromatic rings. The number of rotatable bonds is 5. The summed E-state index contributed by atoms with van der Waals surface area (Å²) in [5.41, 5.74) is 0.902. The molecular weight excluding hydrogens is 291 g/mol. The molecule has 1 aromatic carbocycles. The van der Waals surface area contributed by atoms with Gasteiger partial charge in [-0.15, -0.1) is 0 Å². The van der Waals surface area contributed by atoms with E-state index in [0.717, 1.165) is 10.0 Å². The van der Waals surface area contributed by atoms with Crippen LogP contribution in [0, 0.1) is 6.92 Å². The minimum Gasteiger partial charge on any atom is -0.305 e. The van der Waals surface area contributed by atoms with Crippen molar-refractivity contribution in [1.29, 1.82) is 0 Å². The van der Waals surface area contributed by atoms with Crippen LogP contribution in [0.3, 0.4) is 0 Å². The molecule has 0 amide bonds. The lowest BCUT2D eigenvalue weighted by Crippen LogP contribution is -2.15. The Balaban J connectivity index is 3.26. The summed E-state index contributed by atoms with van der Waals surface area (Å²) in [5, 5.41) is 0.624. The Labute approximate surface area is 105 Å². The van der Waals surface area contributed by atoms with Gasteiger partial charge in [0.25, 0.3) is 0 Å². The molecule has 0 aromatic heterocycles. The highest BCUT2D eigenvalue weighted by molar-refractivity contribution is 9.10. The fourth-order valence-corrected chi connectivity index (χ4v) is 4.45. The standard InChI is InChI=1S/C11H16BrO3P/c1-4-14-16(13,15-5-2)11-9(3)7-6-8-10(11)12/h6-8H,4-5H2,1-3H3. The summed E-state index contributed by atoms with van der Waals surface area (Å²) in [4.78, 5) is 0. The summed E-state index contributed by atoms with van der Waals surface area (Å²) in [7, 11) is -3.19. The number of hydrogen-bond donors (Lipinski definition) is 0. The molecule has 0 spiro atoms. The Morgan fingerprint density at radius 2 is 1.81 bits per heavy atom. The van der Waals surface area contributed by atoms with Crippen LogP contribution in [0.4, 0.5) is 0 Å². The van der Waals surface area contributed by atoms with Crippen LogP contribution < -0.4 is 5.30 Å². The first-order valence-electron chi connectivity index (χ1n) is 5.20. The van der Waals surface area contributed by atoms with E-state index in [1.54, 1.807) is 13.8 Å². The Morgan fingerprint density at radius 3 is 2.25 bits per heavy atom. The molecule has 0 fully saturated rings. The molecule has 0 aliphatic carbocycles. The highest BCUT2D eigenvalue weighted by Gasteiger charge is 2.30. The minimum absolute atomic E-state index is 0.359. The molecule has 0 saturated carbocycles. The van der Waals surface area contributed by atoms with Gasteiger partial charge < -0.3 is 9.05 Å². The van der Waals surface area contributed by atoms with Crippen molar-refractivity contribution in [3.05, 3.63) is 28.2 Å². The predicted octanol–water partition coefficient (Wildman–Crippen LogP) is 3.65. The van der Waals surface area contributed by atoms with Gasteiger partial charge in [-0.3, -0.25) is 4.57 Å². The van der Waals surface area contributed by atoms with E-state index in [0.29, 0.717) is 18.5 Å². The van der Waals surface area contributed by atoms with Crippen molar-refractivity contribution in [3.63, 3.8) is 0 Å². The average Bonchev–Trinajstić information content (AvgIpc) is 2.17. The molecule has 0 aliphatic rings. The third kappa shape index (κ3) is 2.95. The molecule has 0 heterocycles. The second kappa shape index (κ2) is 5.97. The Morgan fingerprint density at radius 1 is 1.25 bits per heavy atom. The van der Waals surface area contributed by atoms with E-state index in [1.165, 1.54) is 0 Å². The average molecular weight is 307 g/mol. The molecule has 0 radical (unpaired) electrons. The Hall–Kier alpha value is -0.150. The first-order chi connectivity index (χ1) is 7.55. The minimum atomic E-state index is -3.19. The van der Waals surface area contributed by atoms with Crippen LogP contribution >= 0.6 is 23.5 Å². The van der Waals surface area contributed by atoms with E-state index < -0.39 is 7.60 Å². The van der Waals surface area contributed by atoms with Crippen molar-refractivity contribution in [1.82, 2.24) is 0 Å². The van der Waals surface area contributed by atoms with Gasteiger partial charge in [-0.05, 0) is 48.3 Å². The summed E-state index contributed by atoms with van der Waals surface area (Å²) < 4.78 is 24.0. The zero-order chi connectivity index (χ0) is 12.2. The number of benzene rings is 1. The lowest BCUT2D eigenvalue weighted by atomic mass is 10.2. The maximum absolute atomic E-state index is 12.6. The maximum atomic E-state index is 12.6. The van der Waals surface area contributed by atoms with Gasteiger partial charge in [0, 0.05) is 4.47 Å². The van der Waals surface area contributed by atoms with Crippen molar-refractivity contribution in [2.75, 3.05) is 13.2 Å². The highest BCUT2D eigenvalue weighted by Crippen LogP contribution is 2.49. The maximum Gasteiger partial charge on any atom is 0.362 e. The SMILES string of the molecule is CCOP(=O)(OCC)c1c(C)cccc1Br. The fourth-order valence-electron chi connectivity index (χ4n) is 1.48. The van der Waals surface area contributed by atoms with E-state index in [9.17, 15) is 4.57 Å². The lowest BCUT2D eigenvalue weighted by molar-refractivity contribution is 0.229. The Bertz CT molecular complexity index is 376. The third-order valence-electron chi connectivity index (χ3n) is 2.06. The molecule has 0 atom stereocenters. The van der Waals surface area contributed by atoms with Crippen molar-refractivity contribution in [3.8, 4) is 0 Å². The van der Waals surface area contributed by atoms with Gasteiger partial charge in [-0.1, -0.05) is 12.1 Å². The molecule has 1 rings (SSSR count). The van der Waals surface area contributed by atoms with Crippen LogP contribution in [0.15, 0.2) is 22.7 Å². The van der Waals surface area contributed by atoms with Crippen LogP contribution in [-0.2, 0) is 13.6 Å². The van der Waals surface area contributed by atoms with E-state index in [2.05, 4.69) is 15.9 Å². The van der Waals surface area contributed by atoms with Gasteiger partial charge in [0.15, 0.2) is 0 Å². The van der Waals surface area contributed by atoms with Crippen LogP contribution in [0.2, 0.25) is 0 Å². The fraction of sp³-hybridized carbons (Fsp3) is 0.455. The molecule has 3 nitrogen and oxygen atoms in total. The largest absolute Gasteiger partial charge is 0.362 e. The zero-order valence-corrected chi connectivity index (χ0v) is 12.2. The van der Waals surface area contributed by atoms with Gasteiger partial charge >= 0.3 is 7.60 Å². The summed E-state index contributed by atoms with van der Waals surface area (Å²) in [6.07, 6.45) is 0. The number of aryl methyl sites for hydroxylation is 1.